The number of nitrogen functional groups attached to an aromatic ring is 1. The highest BCUT2D eigenvalue weighted by atomic mass is 16.6. The van der Waals surface area contributed by atoms with Crippen LogP contribution < -0.4 is 11.1 Å². The fourth-order valence-corrected chi connectivity index (χ4v) is 5.87. The number of esters is 2. The number of hydrogen-bond acceptors (Lipinski definition) is 11. The van der Waals surface area contributed by atoms with Crippen molar-refractivity contribution in [1.29, 1.82) is 0 Å². The van der Waals surface area contributed by atoms with Crippen molar-refractivity contribution in [2.45, 2.75) is 63.1 Å². The van der Waals surface area contributed by atoms with Gasteiger partial charge >= 0.3 is 17.8 Å². The van der Waals surface area contributed by atoms with Gasteiger partial charge in [0, 0.05) is 13.0 Å². The van der Waals surface area contributed by atoms with Gasteiger partial charge < -0.3 is 30.2 Å². The van der Waals surface area contributed by atoms with Gasteiger partial charge in [0.25, 0.3) is 0 Å². The number of aromatic nitrogens is 4. The van der Waals surface area contributed by atoms with E-state index in [-0.39, 0.29) is 32.0 Å². The van der Waals surface area contributed by atoms with E-state index < -0.39 is 48.2 Å². The van der Waals surface area contributed by atoms with Crippen molar-refractivity contribution in [2.75, 3.05) is 18.9 Å². The van der Waals surface area contributed by atoms with Crippen molar-refractivity contribution in [3.05, 3.63) is 84.4 Å². The molecule has 2 aromatic heterocycles. The predicted molar refractivity (Wildman–Crippen MR) is 167 cm³/mol. The van der Waals surface area contributed by atoms with Crippen molar-refractivity contribution in [2.24, 2.45) is 0 Å². The van der Waals surface area contributed by atoms with E-state index in [2.05, 4.69) is 20.3 Å². The van der Waals surface area contributed by atoms with Crippen LogP contribution in [0.3, 0.4) is 0 Å². The third-order valence-electron chi connectivity index (χ3n) is 8.28. The van der Waals surface area contributed by atoms with Crippen LogP contribution in [0.1, 0.15) is 43.0 Å². The third-order valence-corrected chi connectivity index (χ3v) is 8.28. The first-order valence-electron chi connectivity index (χ1n) is 15.5. The fourth-order valence-electron chi connectivity index (χ4n) is 5.87. The van der Waals surface area contributed by atoms with Crippen molar-refractivity contribution < 1.29 is 33.4 Å². The molecule has 3 N–H and O–H groups in total. The third kappa shape index (κ3) is 7.38. The van der Waals surface area contributed by atoms with Crippen LogP contribution in [-0.2, 0) is 46.4 Å². The minimum atomic E-state index is -1.08. The second-order valence-electron chi connectivity index (χ2n) is 11.5. The van der Waals surface area contributed by atoms with E-state index in [0.717, 1.165) is 11.1 Å². The molecule has 2 saturated heterocycles. The Morgan fingerprint density at radius 3 is 2.45 bits per heavy atom. The van der Waals surface area contributed by atoms with E-state index in [9.17, 15) is 19.2 Å². The van der Waals surface area contributed by atoms with Gasteiger partial charge in [-0.3, -0.25) is 14.2 Å². The minimum Gasteiger partial charge on any atom is -0.459 e. The maximum Gasteiger partial charge on any atom is 0.397 e. The number of nitrogens with one attached hydrogen (secondary N) is 1. The summed E-state index contributed by atoms with van der Waals surface area (Å²) >= 11 is 0. The van der Waals surface area contributed by atoms with Gasteiger partial charge in [0.05, 0.1) is 12.4 Å². The number of anilines is 1. The maximum absolute atomic E-state index is 13.5. The van der Waals surface area contributed by atoms with Crippen LogP contribution >= 0.6 is 0 Å². The molecule has 0 radical (unpaired) electrons. The van der Waals surface area contributed by atoms with Crippen molar-refractivity contribution in [1.82, 2.24) is 29.7 Å². The van der Waals surface area contributed by atoms with E-state index in [0.29, 0.717) is 36.8 Å². The summed E-state index contributed by atoms with van der Waals surface area (Å²) in [5.41, 5.74) is 8.52. The predicted octanol–water partition coefficient (Wildman–Crippen LogP) is 2.09. The first-order chi connectivity index (χ1) is 22.9. The molecule has 2 aliphatic rings. The van der Waals surface area contributed by atoms with Crippen LogP contribution in [0.25, 0.3) is 11.2 Å². The van der Waals surface area contributed by atoms with E-state index in [1.54, 1.807) is 10.9 Å². The number of hydrogen-bond donors (Lipinski definition) is 2. The van der Waals surface area contributed by atoms with Gasteiger partial charge in [0.15, 0.2) is 11.5 Å². The smallest absolute Gasteiger partial charge is 0.397 e. The SMILES string of the molecule is Nc1ncnc2c1ncn2[C@H]1CC[C@@H](COC(=O)C(=O)N2CCC[C@@H]2C(=O)N[C@H](Cc2ccccc2)C(=O)OCc2ccccc2)O1. The van der Waals surface area contributed by atoms with E-state index >= 15 is 0 Å². The van der Waals surface area contributed by atoms with Crippen LogP contribution in [0.2, 0.25) is 0 Å². The van der Waals surface area contributed by atoms with Crippen molar-refractivity contribution >= 4 is 40.7 Å². The topological polar surface area (TPSA) is 181 Å². The Kier molecular flexibility index (Phi) is 9.67. The summed E-state index contributed by atoms with van der Waals surface area (Å²) < 4.78 is 18.7. The molecule has 0 bridgehead atoms. The number of imidazole rings is 1. The lowest BCUT2D eigenvalue weighted by Crippen LogP contribution is -2.53. The molecule has 2 aliphatic heterocycles. The summed E-state index contributed by atoms with van der Waals surface area (Å²) in [6.07, 6.45) is 4.30. The molecule has 2 aromatic carbocycles. The van der Waals surface area contributed by atoms with Crippen LogP contribution in [0, 0.1) is 0 Å². The Morgan fingerprint density at radius 2 is 1.68 bits per heavy atom. The summed E-state index contributed by atoms with van der Waals surface area (Å²) in [6, 6.07) is 16.5. The normalized spacial score (nSPS) is 19.7. The molecule has 14 heteroatoms. The molecule has 244 valence electrons. The average Bonchev–Trinajstić information content (AvgIpc) is 3.87. The summed E-state index contributed by atoms with van der Waals surface area (Å²) in [6.45, 7) is 0.116. The standard InChI is InChI=1S/C33H35N7O7/c34-28-27-29(36-19-35-28)40(20-37-27)26-14-13-23(47-26)18-46-33(44)31(42)39-15-7-12-25(39)30(41)38-24(16-21-8-3-1-4-9-21)32(43)45-17-22-10-5-2-6-11-22/h1-6,8-11,19-20,23-26H,7,12-18H2,(H,38,41)(H2,34,35,36)/t23-,24+,25+,26+/m0/s1. The quantitative estimate of drug-likeness (QED) is 0.191. The number of rotatable bonds is 10. The Bertz CT molecular complexity index is 1730. The zero-order valence-electron chi connectivity index (χ0n) is 25.6. The highest BCUT2D eigenvalue weighted by Crippen LogP contribution is 2.31. The van der Waals surface area contributed by atoms with E-state index in [1.165, 1.54) is 11.2 Å². The molecule has 14 nitrogen and oxygen atoms in total. The molecule has 0 unspecified atom stereocenters. The van der Waals surface area contributed by atoms with Gasteiger partial charge in [-0.25, -0.2) is 24.5 Å². The van der Waals surface area contributed by atoms with Gasteiger partial charge in [0.1, 0.15) is 43.4 Å². The molecule has 4 atom stereocenters. The van der Waals surface area contributed by atoms with E-state index in [4.69, 9.17) is 19.9 Å². The Morgan fingerprint density at radius 1 is 0.936 bits per heavy atom. The van der Waals surface area contributed by atoms with Gasteiger partial charge in [-0.05, 0) is 36.8 Å². The molecule has 4 aromatic rings. The van der Waals surface area contributed by atoms with Crippen molar-refractivity contribution in [3.63, 3.8) is 0 Å². The summed E-state index contributed by atoms with van der Waals surface area (Å²) in [5.74, 6) is -2.87. The molecular formula is C33H35N7O7. The number of nitrogens with two attached hydrogens (primary N) is 1. The zero-order chi connectivity index (χ0) is 32.8. The Hall–Kier alpha value is -5.37. The monoisotopic (exact) mass is 641 g/mol. The van der Waals surface area contributed by atoms with Crippen LogP contribution in [0.5, 0.6) is 0 Å². The molecule has 0 spiro atoms. The van der Waals surface area contributed by atoms with Gasteiger partial charge in [-0.1, -0.05) is 60.7 Å². The number of likely N-dealkylation sites (tertiary alicyclic amines) is 1. The lowest BCUT2D eigenvalue weighted by Gasteiger charge is -2.25. The summed E-state index contributed by atoms with van der Waals surface area (Å²) in [4.78, 5) is 66.3. The number of carbonyl (C=O) groups is 4. The number of nitrogens with zero attached hydrogens (tertiary/aromatic N) is 5. The molecule has 2 fully saturated rings. The number of fused-ring (bicyclic) bond motifs is 1. The highest BCUT2D eigenvalue weighted by molar-refractivity contribution is 6.33. The first-order valence-corrected chi connectivity index (χ1v) is 15.5. The number of ether oxygens (including phenoxy) is 3. The lowest BCUT2D eigenvalue weighted by molar-refractivity contribution is -0.164. The molecule has 2 amide bonds. The molecule has 4 heterocycles. The summed E-state index contributed by atoms with van der Waals surface area (Å²) in [5, 5.41) is 2.77. The fraction of sp³-hybridized carbons (Fsp3) is 0.364. The van der Waals surface area contributed by atoms with Crippen molar-refractivity contribution in [3.8, 4) is 0 Å². The number of benzene rings is 2. The molecule has 47 heavy (non-hydrogen) atoms. The minimum absolute atomic E-state index is 0.0497. The van der Waals surface area contributed by atoms with Crippen LogP contribution in [0.15, 0.2) is 73.3 Å². The van der Waals surface area contributed by atoms with Crippen LogP contribution in [0.4, 0.5) is 5.82 Å². The Labute approximate surface area is 270 Å². The highest BCUT2D eigenvalue weighted by Gasteiger charge is 2.39. The summed E-state index contributed by atoms with van der Waals surface area (Å²) in [7, 11) is 0. The van der Waals surface area contributed by atoms with Gasteiger partial charge in [0.2, 0.25) is 5.91 Å². The molecular weight excluding hydrogens is 606 g/mol. The van der Waals surface area contributed by atoms with Crippen LogP contribution in [-0.4, -0.2) is 79.5 Å². The van der Waals surface area contributed by atoms with Gasteiger partial charge in [-0.15, -0.1) is 0 Å². The average molecular weight is 642 g/mol. The van der Waals surface area contributed by atoms with E-state index in [1.807, 2.05) is 60.7 Å². The molecule has 0 aliphatic carbocycles. The second-order valence-corrected chi connectivity index (χ2v) is 11.5. The number of carbonyl (C=O) groups excluding carboxylic acids is 4. The zero-order valence-corrected chi connectivity index (χ0v) is 25.6. The maximum atomic E-state index is 13.5. The second kappa shape index (κ2) is 14.4. The first kappa shape index (κ1) is 31.6. The molecule has 6 rings (SSSR count). The van der Waals surface area contributed by atoms with Gasteiger partial charge in [-0.2, -0.15) is 0 Å². The molecule has 0 saturated carbocycles. The number of amides is 2. The largest absolute Gasteiger partial charge is 0.459 e. The lowest BCUT2D eigenvalue weighted by atomic mass is 10.1. The Balaban J connectivity index is 1.04.